The first-order valence-electron chi connectivity index (χ1n) is 8.43. The second-order valence-electron chi connectivity index (χ2n) is 8.04. The molecule has 0 radical (unpaired) electrons. The number of nitrogen functional groups attached to an aromatic ring is 1. The van der Waals surface area contributed by atoms with E-state index in [0.29, 0.717) is 5.92 Å². The van der Waals surface area contributed by atoms with Gasteiger partial charge < -0.3 is 10.2 Å². The highest BCUT2D eigenvalue weighted by Gasteiger charge is 2.36. The van der Waals surface area contributed by atoms with Gasteiger partial charge in [-0.3, -0.25) is 4.98 Å². The molecule has 0 amide bonds. The first-order valence-corrected chi connectivity index (χ1v) is 11.3. The molecular formula is C18H34N2OSi. The molecule has 0 unspecified atom stereocenters. The molecule has 0 aliphatic carbocycles. The van der Waals surface area contributed by atoms with Crippen LogP contribution in [0.3, 0.4) is 0 Å². The van der Waals surface area contributed by atoms with Crippen LogP contribution >= 0.6 is 0 Å². The molecule has 0 atom stereocenters. The third-order valence-corrected chi connectivity index (χ3v) is 9.22. The predicted octanol–water partition coefficient (Wildman–Crippen LogP) is 5.13. The molecule has 4 heteroatoms. The molecule has 0 aliphatic heterocycles. The number of aryl methyl sites for hydroxylation is 1. The first kappa shape index (κ1) is 19.2. The minimum Gasteiger partial charge on any atom is -0.417 e. The second kappa shape index (κ2) is 7.60. The molecule has 0 fully saturated rings. The van der Waals surface area contributed by atoms with Crippen LogP contribution < -0.4 is 5.73 Å². The van der Waals surface area contributed by atoms with Crippen molar-refractivity contribution in [1.29, 1.82) is 0 Å². The lowest BCUT2D eigenvalue weighted by atomic mass is 10.0. The van der Waals surface area contributed by atoms with Crippen LogP contribution in [-0.2, 0) is 10.8 Å². The van der Waals surface area contributed by atoms with Gasteiger partial charge in [0.25, 0.3) is 0 Å². The summed E-state index contributed by atoms with van der Waals surface area (Å²) in [7, 11) is -1.60. The standard InChI is InChI=1S/C18H34N2OSi/c1-14(2)17-16(19)12-15(13-20-17)10-8-9-11-21-22(6,7)18(3,4)5/h12-14H,8-11,19H2,1-7H3. The van der Waals surface area contributed by atoms with E-state index >= 15 is 0 Å². The highest BCUT2D eigenvalue weighted by molar-refractivity contribution is 6.74. The Morgan fingerprint density at radius 1 is 1.23 bits per heavy atom. The maximum Gasteiger partial charge on any atom is 0.191 e. The van der Waals surface area contributed by atoms with Crippen LogP contribution in [0.4, 0.5) is 5.69 Å². The van der Waals surface area contributed by atoms with E-state index in [1.807, 2.05) is 6.20 Å². The summed E-state index contributed by atoms with van der Waals surface area (Å²) in [6.45, 7) is 16.6. The molecule has 0 aliphatic rings. The predicted molar refractivity (Wildman–Crippen MR) is 98.8 cm³/mol. The van der Waals surface area contributed by atoms with Crippen molar-refractivity contribution in [2.75, 3.05) is 12.3 Å². The first-order chi connectivity index (χ1) is 10.0. The van der Waals surface area contributed by atoms with Crippen molar-refractivity contribution in [3.8, 4) is 0 Å². The Morgan fingerprint density at radius 3 is 2.36 bits per heavy atom. The van der Waals surface area contributed by atoms with E-state index < -0.39 is 8.32 Å². The molecule has 0 saturated heterocycles. The Balaban J connectivity index is 2.38. The number of nitrogens with two attached hydrogens (primary N) is 1. The van der Waals surface area contributed by atoms with Crippen molar-refractivity contribution in [2.45, 2.75) is 77.9 Å². The average molecular weight is 323 g/mol. The molecule has 22 heavy (non-hydrogen) atoms. The van der Waals surface area contributed by atoms with Crippen LogP contribution in [-0.4, -0.2) is 19.9 Å². The molecule has 0 bridgehead atoms. The zero-order valence-electron chi connectivity index (χ0n) is 15.5. The van der Waals surface area contributed by atoms with Gasteiger partial charge >= 0.3 is 0 Å². The van der Waals surface area contributed by atoms with Crippen LogP contribution in [0.5, 0.6) is 0 Å². The van der Waals surface area contributed by atoms with E-state index in [4.69, 9.17) is 10.2 Å². The van der Waals surface area contributed by atoms with Crippen molar-refractivity contribution in [3.05, 3.63) is 23.5 Å². The molecule has 1 heterocycles. The summed E-state index contributed by atoms with van der Waals surface area (Å²) in [5, 5.41) is 0.290. The highest BCUT2D eigenvalue weighted by atomic mass is 28.4. The molecule has 0 spiro atoms. The maximum atomic E-state index is 6.20. The van der Waals surface area contributed by atoms with Gasteiger partial charge in [0, 0.05) is 12.8 Å². The minimum absolute atomic E-state index is 0.290. The largest absolute Gasteiger partial charge is 0.417 e. The number of anilines is 1. The summed E-state index contributed by atoms with van der Waals surface area (Å²) in [5.41, 5.74) is 9.14. The fourth-order valence-electron chi connectivity index (χ4n) is 2.13. The Morgan fingerprint density at radius 2 is 1.86 bits per heavy atom. The zero-order chi connectivity index (χ0) is 17.0. The lowest BCUT2D eigenvalue weighted by Gasteiger charge is -2.36. The molecule has 126 valence electrons. The van der Waals surface area contributed by atoms with E-state index in [1.54, 1.807) is 0 Å². The molecule has 0 saturated carbocycles. The summed E-state index contributed by atoms with van der Waals surface area (Å²) in [5.74, 6) is 0.382. The van der Waals surface area contributed by atoms with E-state index in [2.05, 4.69) is 58.8 Å². The second-order valence-corrected chi connectivity index (χ2v) is 12.8. The summed E-state index contributed by atoms with van der Waals surface area (Å²) < 4.78 is 6.20. The van der Waals surface area contributed by atoms with Crippen molar-refractivity contribution in [3.63, 3.8) is 0 Å². The number of pyridine rings is 1. The molecule has 3 nitrogen and oxygen atoms in total. The SMILES string of the molecule is CC(C)c1ncc(CCCCO[Si](C)(C)C(C)(C)C)cc1N. The summed E-state index contributed by atoms with van der Waals surface area (Å²) in [6, 6.07) is 2.08. The topological polar surface area (TPSA) is 48.1 Å². The maximum absolute atomic E-state index is 6.20. The van der Waals surface area contributed by atoms with Gasteiger partial charge in [0.1, 0.15) is 0 Å². The lowest BCUT2D eigenvalue weighted by Crippen LogP contribution is -2.40. The molecular weight excluding hydrogens is 288 g/mol. The number of hydrogen-bond donors (Lipinski definition) is 1. The zero-order valence-corrected chi connectivity index (χ0v) is 16.5. The third kappa shape index (κ3) is 5.40. The van der Waals surface area contributed by atoms with Gasteiger partial charge in [0.2, 0.25) is 0 Å². The fraction of sp³-hybridized carbons (Fsp3) is 0.722. The Bertz CT molecular complexity index is 478. The van der Waals surface area contributed by atoms with Crippen LogP contribution in [0.1, 0.15) is 64.6 Å². The Kier molecular flexibility index (Phi) is 6.62. The molecule has 2 N–H and O–H groups in total. The summed E-state index contributed by atoms with van der Waals surface area (Å²) in [6.07, 6.45) is 5.21. The lowest BCUT2D eigenvalue weighted by molar-refractivity contribution is 0.279. The minimum atomic E-state index is -1.60. The molecule has 1 rings (SSSR count). The van der Waals surface area contributed by atoms with Gasteiger partial charge in [0.05, 0.1) is 11.4 Å². The average Bonchev–Trinajstić information content (AvgIpc) is 2.36. The van der Waals surface area contributed by atoms with Gasteiger partial charge in [-0.2, -0.15) is 0 Å². The Labute approximate surface area is 137 Å². The van der Waals surface area contributed by atoms with Crippen LogP contribution in [0, 0.1) is 0 Å². The van der Waals surface area contributed by atoms with Crippen molar-refractivity contribution < 1.29 is 4.43 Å². The Hall–Kier alpha value is -0.873. The van der Waals surface area contributed by atoms with E-state index in [9.17, 15) is 0 Å². The van der Waals surface area contributed by atoms with Gasteiger partial charge in [-0.15, -0.1) is 0 Å². The van der Waals surface area contributed by atoms with E-state index in [-0.39, 0.29) is 5.04 Å². The molecule has 0 aromatic carbocycles. The summed E-state index contributed by atoms with van der Waals surface area (Å²) >= 11 is 0. The van der Waals surface area contributed by atoms with E-state index in [0.717, 1.165) is 37.3 Å². The fourth-order valence-corrected chi connectivity index (χ4v) is 3.22. The number of nitrogens with zero attached hydrogens (tertiary/aromatic N) is 1. The van der Waals surface area contributed by atoms with Crippen molar-refractivity contribution in [1.82, 2.24) is 4.98 Å². The smallest absolute Gasteiger partial charge is 0.191 e. The number of hydrogen-bond acceptors (Lipinski definition) is 3. The third-order valence-electron chi connectivity index (χ3n) is 4.68. The number of rotatable bonds is 7. The monoisotopic (exact) mass is 322 g/mol. The van der Waals surface area contributed by atoms with Crippen LogP contribution in [0.15, 0.2) is 12.3 Å². The number of unbranched alkanes of at least 4 members (excludes halogenated alkanes) is 1. The molecule has 1 aromatic rings. The van der Waals surface area contributed by atoms with Gasteiger partial charge in [-0.25, -0.2) is 0 Å². The van der Waals surface area contributed by atoms with Gasteiger partial charge in [0.15, 0.2) is 8.32 Å². The highest BCUT2D eigenvalue weighted by Crippen LogP contribution is 2.36. The van der Waals surface area contributed by atoms with Gasteiger partial charge in [-0.1, -0.05) is 34.6 Å². The van der Waals surface area contributed by atoms with Crippen molar-refractivity contribution >= 4 is 14.0 Å². The van der Waals surface area contributed by atoms with Gasteiger partial charge in [-0.05, 0) is 54.9 Å². The van der Waals surface area contributed by atoms with E-state index in [1.165, 1.54) is 5.56 Å². The quantitative estimate of drug-likeness (QED) is 0.559. The van der Waals surface area contributed by atoms with Crippen LogP contribution in [0.2, 0.25) is 18.1 Å². The normalized spacial score (nSPS) is 12.9. The van der Waals surface area contributed by atoms with Crippen molar-refractivity contribution in [2.24, 2.45) is 0 Å². The summed E-state index contributed by atoms with van der Waals surface area (Å²) in [4.78, 5) is 4.50. The van der Waals surface area contributed by atoms with Crippen LogP contribution in [0.25, 0.3) is 0 Å². The molecule has 1 aromatic heterocycles. The number of aromatic nitrogens is 1.